The second kappa shape index (κ2) is 6.28. The van der Waals surface area contributed by atoms with Gasteiger partial charge in [-0.25, -0.2) is 9.97 Å². The maximum absolute atomic E-state index is 6.20. The Morgan fingerprint density at radius 3 is 2.48 bits per heavy atom. The molecule has 0 fully saturated rings. The minimum atomic E-state index is -0.104. The molecule has 0 saturated carbocycles. The van der Waals surface area contributed by atoms with E-state index in [1.807, 2.05) is 13.8 Å². The van der Waals surface area contributed by atoms with Gasteiger partial charge in [0.2, 0.25) is 0 Å². The van der Waals surface area contributed by atoms with Crippen LogP contribution in [0.5, 0.6) is 11.5 Å². The molecular formula is C15H18ClN3O2. The molecular weight excluding hydrogens is 290 g/mol. The molecule has 0 aliphatic carbocycles. The van der Waals surface area contributed by atoms with Gasteiger partial charge in [-0.15, -0.1) is 0 Å². The molecule has 1 aromatic heterocycles. The van der Waals surface area contributed by atoms with E-state index in [1.165, 1.54) is 0 Å². The van der Waals surface area contributed by atoms with Crippen LogP contribution in [0.25, 0.3) is 11.4 Å². The van der Waals surface area contributed by atoms with Gasteiger partial charge < -0.3 is 15.2 Å². The average Bonchev–Trinajstić information content (AvgIpc) is 2.45. The monoisotopic (exact) mass is 307 g/mol. The number of hydrogen-bond acceptors (Lipinski definition) is 5. The molecule has 0 saturated heterocycles. The Balaban J connectivity index is 2.52. The van der Waals surface area contributed by atoms with Crippen molar-refractivity contribution >= 4 is 11.6 Å². The highest BCUT2D eigenvalue weighted by Gasteiger charge is 2.14. The van der Waals surface area contributed by atoms with Crippen molar-refractivity contribution in [3.8, 4) is 22.9 Å². The van der Waals surface area contributed by atoms with Gasteiger partial charge >= 0.3 is 0 Å². The molecule has 1 heterocycles. The van der Waals surface area contributed by atoms with Crippen LogP contribution in [0.15, 0.2) is 18.3 Å². The molecule has 112 valence electrons. The van der Waals surface area contributed by atoms with Crippen LogP contribution >= 0.6 is 11.6 Å². The third-order valence-electron chi connectivity index (χ3n) is 3.20. The van der Waals surface area contributed by atoms with Gasteiger partial charge in [-0.2, -0.15) is 0 Å². The summed E-state index contributed by atoms with van der Waals surface area (Å²) in [6, 6.07) is 3.45. The van der Waals surface area contributed by atoms with Crippen molar-refractivity contribution in [3.05, 3.63) is 34.6 Å². The summed E-state index contributed by atoms with van der Waals surface area (Å²) >= 11 is 6.20. The van der Waals surface area contributed by atoms with E-state index in [-0.39, 0.29) is 6.04 Å². The zero-order chi connectivity index (χ0) is 15.6. The van der Waals surface area contributed by atoms with Crippen LogP contribution in [-0.2, 0) is 0 Å². The maximum atomic E-state index is 6.20. The second-order valence-corrected chi connectivity index (χ2v) is 5.12. The molecule has 0 radical (unpaired) electrons. The predicted molar refractivity (Wildman–Crippen MR) is 82.9 cm³/mol. The zero-order valence-corrected chi connectivity index (χ0v) is 13.2. The van der Waals surface area contributed by atoms with Gasteiger partial charge in [0.1, 0.15) is 0 Å². The average molecular weight is 308 g/mol. The Kier molecular flexibility index (Phi) is 4.65. The van der Waals surface area contributed by atoms with Gasteiger partial charge in [-0.05, 0) is 26.0 Å². The number of halogens is 1. The first-order valence-electron chi connectivity index (χ1n) is 6.49. The third kappa shape index (κ3) is 3.09. The quantitative estimate of drug-likeness (QED) is 0.939. The van der Waals surface area contributed by atoms with Crippen molar-refractivity contribution in [2.75, 3.05) is 14.2 Å². The largest absolute Gasteiger partial charge is 0.493 e. The van der Waals surface area contributed by atoms with E-state index in [0.717, 1.165) is 16.8 Å². The minimum absolute atomic E-state index is 0.104. The Bertz CT molecular complexity index is 660. The number of nitrogens with two attached hydrogens (primary N) is 1. The Hall–Kier alpha value is -1.85. The fourth-order valence-corrected chi connectivity index (χ4v) is 2.40. The van der Waals surface area contributed by atoms with Crippen LogP contribution in [0.1, 0.15) is 24.2 Å². The number of methoxy groups -OCH3 is 2. The third-order valence-corrected chi connectivity index (χ3v) is 3.48. The molecule has 2 aromatic rings. The highest BCUT2D eigenvalue weighted by atomic mass is 35.5. The summed E-state index contributed by atoms with van der Waals surface area (Å²) in [5.41, 5.74) is 8.40. The SMILES string of the molecule is COc1cc(-c2ncc([C@H](C)N)c(C)n2)cc(Cl)c1OC. The van der Waals surface area contributed by atoms with Crippen LogP contribution in [0.3, 0.4) is 0 Å². The molecule has 21 heavy (non-hydrogen) atoms. The van der Waals surface area contributed by atoms with E-state index >= 15 is 0 Å². The normalized spacial score (nSPS) is 12.1. The standard InChI is InChI=1S/C15H18ClN3O2/c1-8(17)11-7-18-15(19-9(11)2)10-5-12(16)14(21-4)13(6-10)20-3/h5-8H,17H2,1-4H3/t8-/m0/s1. The maximum Gasteiger partial charge on any atom is 0.179 e. The fraction of sp³-hybridized carbons (Fsp3) is 0.333. The van der Waals surface area contributed by atoms with Gasteiger partial charge in [-0.3, -0.25) is 0 Å². The van der Waals surface area contributed by atoms with Crippen molar-refractivity contribution in [1.82, 2.24) is 9.97 Å². The van der Waals surface area contributed by atoms with Crippen LogP contribution in [-0.4, -0.2) is 24.2 Å². The van der Waals surface area contributed by atoms with E-state index in [0.29, 0.717) is 22.3 Å². The molecule has 1 aromatic carbocycles. The van der Waals surface area contributed by atoms with Crippen LogP contribution < -0.4 is 15.2 Å². The number of rotatable bonds is 4. The second-order valence-electron chi connectivity index (χ2n) is 4.72. The molecule has 2 rings (SSSR count). The summed E-state index contributed by atoms with van der Waals surface area (Å²) in [5.74, 6) is 1.60. The lowest BCUT2D eigenvalue weighted by molar-refractivity contribution is 0.355. The van der Waals surface area contributed by atoms with Crippen LogP contribution in [0, 0.1) is 6.92 Å². The number of nitrogens with zero attached hydrogens (tertiary/aromatic N) is 2. The number of aromatic nitrogens is 2. The van der Waals surface area contributed by atoms with Crippen molar-refractivity contribution in [2.24, 2.45) is 5.73 Å². The number of aryl methyl sites for hydroxylation is 1. The lowest BCUT2D eigenvalue weighted by Gasteiger charge is -2.13. The smallest absolute Gasteiger partial charge is 0.179 e. The first-order chi connectivity index (χ1) is 9.97. The molecule has 2 N–H and O–H groups in total. The fourth-order valence-electron chi connectivity index (χ4n) is 2.11. The Labute approximate surface area is 129 Å². The van der Waals surface area contributed by atoms with Crippen LogP contribution in [0.2, 0.25) is 5.02 Å². The summed E-state index contributed by atoms with van der Waals surface area (Å²) in [6.07, 6.45) is 1.74. The summed E-state index contributed by atoms with van der Waals surface area (Å²) in [5, 5.41) is 0.448. The summed E-state index contributed by atoms with van der Waals surface area (Å²) in [4.78, 5) is 8.85. The molecule has 0 amide bonds. The molecule has 0 aliphatic rings. The van der Waals surface area contributed by atoms with Gasteiger partial charge in [0.25, 0.3) is 0 Å². The van der Waals surface area contributed by atoms with E-state index in [2.05, 4.69) is 9.97 Å². The van der Waals surface area contributed by atoms with Gasteiger partial charge in [-0.1, -0.05) is 11.6 Å². The van der Waals surface area contributed by atoms with Gasteiger partial charge in [0.15, 0.2) is 17.3 Å². The molecule has 5 nitrogen and oxygen atoms in total. The summed E-state index contributed by atoms with van der Waals surface area (Å²) in [7, 11) is 3.10. The number of benzene rings is 1. The molecule has 0 unspecified atom stereocenters. The van der Waals surface area contributed by atoms with E-state index in [9.17, 15) is 0 Å². The summed E-state index contributed by atoms with van der Waals surface area (Å²) in [6.45, 7) is 3.81. The summed E-state index contributed by atoms with van der Waals surface area (Å²) < 4.78 is 10.5. The molecule has 0 spiro atoms. The predicted octanol–water partition coefficient (Wildman–Crippen LogP) is 3.14. The zero-order valence-electron chi connectivity index (χ0n) is 12.5. The molecule has 1 atom stereocenters. The van der Waals surface area contributed by atoms with Crippen molar-refractivity contribution in [2.45, 2.75) is 19.9 Å². The first-order valence-corrected chi connectivity index (χ1v) is 6.86. The van der Waals surface area contributed by atoms with Crippen LogP contribution in [0.4, 0.5) is 0 Å². The minimum Gasteiger partial charge on any atom is -0.493 e. The molecule has 6 heteroatoms. The Morgan fingerprint density at radius 1 is 1.24 bits per heavy atom. The molecule has 0 bridgehead atoms. The van der Waals surface area contributed by atoms with E-state index in [1.54, 1.807) is 32.5 Å². The number of ether oxygens (including phenoxy) is 2. The van der Waals surface area contributed by atoms with E-state index < -0.39 is 0 Å². The van der Waals surface area contributed by atoms with Crippen molar-refractivity contribution in [3.63, 3.8) is 0 Å². The molecule has 0 aliphatic heterocycles. The Morgan fingerprint density at radius 2 is 1.95 bits per heavy atom. The topological polar surface area (TPSA) is 70.3 Å². The highest BCUT2D eigenvalue weighted by molar-refractivity contribution is 6.32. The lowest BCUT2D eigenvalue weighted by atomic mass is 10.1. The van der Waals surface area contributed by atoms with Crippen molar-refractivity contribution in [1.29, 1.82) is 0 Å². The lowest BCUT2D eigenvalue weighted by Crippen LogP contribution is -2.09. The van der Waals surface area contributed by atoms with Gasteiger partial charge in [0, 0.05) is 29.1 Å². The van der Waals surface area contributed by atoms with Crippen molar-refractivity contribution < 1.29 is 9.47 Å². The van der Waals surface area contributed by atoms with E-state index in [4.69, 9.17) is 26.8 Å². The highest BCUT2D eigenvalue weighted by Crippen LogP contribution is 2.38. The van der Waals surface area contributed by atoms with Gasteiger partial charge in [0.05, 0.1) is 19.2 Å². The first kappa shape index (κ1) is 15.5. The number of hydrogen-bond donors (Lipinski definition) is 1.